The second-order valence-corrected chi connectivity index (χ2v) is 5.15. The number of hydrogen-bond acceptors (Lipinski definition) is 4. The number of rotatable bonds is 4. The van der Waals surface area contributed by atoms with Crippen molar-refractivity contribution in [2.75, 3.05) is 18.1 Å². The average Bonchev–Trinajstić information content (AvgIpc) is 2.24. The molecule has 0 amide bonds. The molecule has 0 spiro atoms. The Hall–Kier alpha value is -0.480. The predicted molar refractivity (Wildman–Crippen MR) is 68.0 cm³/mol. The largest absolute Gasteiger partial charge is 0.367 e. The van der Waals surface area contributed by atoms with E-state index >= 15 is 0 Å². The van der Waals surface area contributed by atoms with Crippen molar-refractivity contribution in [2.24, 2.45) is 0 Å². The monoisotopic (exact) mass is 245 g/mol. The van der Waals surface area contributed by atoms with Crippen molar-refractivity contribution in [2.45, 2.75) is 26.0 Å². The Bertz CT molecular complexity index is 344. The molecule has 0 bridgehead atoms. The number of thioether (sulfide) groups is 1. The van der Waals surface area contributed by atoms with Crippen LogP contribution < -0.4 is 5.32 Å². The van der Waals surface area contributed by atoms with Gasteiger partial charge in [-0.1, -0.05) is 18.5 Å². The normalized spacial score (nSPS) is 12.6. The van der Waals surface area contributed by atoms with E-state index in [2.05, 4.69) is 28.7 Å². The van der Waals surface area contributed by atoms with Gasteiger partial charge >= 0.3 is 0 Å². The van der Waals surface area contributed by atoms with E-state index in [1.807, 2.05) is 25.6 Å². The number of aromatic nitrogens is 2. The molecule has 1 rings (SSSR count). The van der Waals surface area contributed by atoms with E-state index in [1.54, 1.807) is 0 Å². The van der Waals surface area contributed by atoms with E-state index in [9.17, 15) is 0 Å². The van der Waals surface area contributed by atoms with Crippen LogP contribution in [0.15, 0.2) is 0 Å². The minimum Gasteiger partial charge on any atom is -0.367 e. The standard InChI is InChI=1S/C10H16ClN3S/c1-6(15-4)5-12-10-8(3)7(2)9(11)13-14-10/h6H,5H2,1-4H3,(H,12,14). The first-order valence-electron chi connectivity index (χ1n) is 4.82. The molecule has 3 nitrogen and oxygen atoms in total. The Morgan fingerprint density at radius 3 is 2.60 bits per heavy atom. The number of hydrogen-bond donors (Lipinski definition) is 1. The summed E-state index contributed by atoms with van der Waals surface area (Å²) in [4.78, 5) is 0. The van der Waals surface area contributed by atoms with Crippen LogP contribution in [0.2, 0.25) is 5.15 Å². The van der Waals surface area contributed by atoms with Gasteiger partial charge in [-0.15, -0.1) is 10.2 Å². The number of nitrogens with one attached hydrogen (secondary N) is 1. The van der Waals surface area contributed by atoms with Gasteiger partial charge in [-0.25, -0.2) is 0 Å². The summed E-state index contributed by atoms with van der Waals surface area (Å²) in [5.41, 5.74) is 2.06. The Kier molecular flexibility index (Phi) is 4.67. The molecule has 0 radical (unpaired) electrons. The third kappa shape index (κ3) is 3.24. The van der Waals surface area contributed by atoms with E-state index in [4.69, 9.17) is 11.6 Å². The highest BCUT2D eigenvalue weighted by atomic mass is 35.5. The molecule has 5 heteroatoms. The van der Waals surface area contributed by atoms with Crippen molar-refractivity contribution in [3.05, 3.63) is 16.3 Å². The zero-order valence-electron chi connectivity index (χ0n) is 9.47. The minimum atomic E-state index is 0.482. The molecule has 0 aromatic carbocycles. The molecular formula is C10H16ClN3S. The Morgan fingerprint density at radius 2 is 2.00 bits per heavy atom. The second-order valence-electron chi connectivity index (χ2n) is 3.52. The molecule has 1 aromatic rings. The number of halogens is 1. The third-order valence-electron chi connectivity index (χ3n) is 2.42. The van der Waals surface area contributed by atoms with Crippen molar-refractivity contribution in [3.63, 3.8) is 0 Å². The third-order valence-corrected chi connectivity index (χ3v) is 3.75. The van der Waals surface area contributed by atoms with Crippen LogP contribution in [0.25, 0.3) is 0 Å². The maximum absolute atomic E-state index is 5.87. The van der Waals surface area contributed by atoms with Crippen molar-refractivity contribution >= 4 is 29.2 Å². The van der Waals surface area contributed by atoms with Crippen LogP contribution in [-0.4, -0.2) is 28.2 Å². The summed E-state index contributed by atoms with van der Waals surface area (Å²) < 4.78 is 0. The van der Waals surface area contributed by atoms with Crippen LogP contribution in [0.3, 0.4) is 0 Å². The highest BCUT2D eigenvalue weighted by Crippen LogP contribution is 2.20. The molecule has 1 unspecified atom stereocenters. The Morgan fingerprint density at radius 1 is 1.33 bits per heavy atom. The van der Waals surface area contributed by atoms with Gasteiger partial charge in [0.2, 0.25) is 0 Å². The van der Waals surface area contributed by atoms with Gasteiger partial charge < -0.3 is 5.32 Å². The van der Waals surface area contributed by atoms with Gasteiger partial charge in [0.05, 0.1) is 0 Å². The van der Waals surface area contributed by atoms with Gasteiger partial charge in [-0.2, -0.15) is 11.8 Å². The lowest BCUT2D eigenvalue weighted by Gasteiger charge is -2.13. The highest BCUT2D eigenvalue weighted by Gasteiger charge is 2.08. The zero-order chi connectivity index (χ0) is 11.4. The smallest absolute Gasteiger partial charge is 0.155 e. The summed E-state index contributed by atoms with van der Waals surface area (Å²) in [7, 11) is 0. The first-order valence-corrected chi connectivity index (χ1v) is 6.49. The SMILES string of the molecule is CSC(C)CNc1nnc(Cl)c(C)c1C. The van der Waals surface area contributed by atoms with E-state index in [1.165, 1.54) is 0 Å². The summed E-state index contributed by atoms with van der Waals surface area (Å²) in [6.07, 6.45) is 2.10. The molecule has 84 valence electrons. The molecule has 0 aliphatic rings. The fourth-order valence-corrected chi connectivity index (χ4v) is 1.50. The first-order chi connectivity index (χ1) is 7.06. The van der Waals surface area contributed by atoms with E-state index in [0.717, 1.165) is 23.5 Å². The molecule has 1 heterocycles. The lowest BCUT2D eigenvalue weighted by Crippen LogP contribution is -2.15. The van der Waals surface area contributed by atoms with Gasteiger partial charge in [0.1, 0.15) is 0 Å². The van der Waals surface area contributed by atoms with E-state index in [0.29, 0.717) is 10.4 Å². The van der Waals surface area contributed by atoms with Gasteiger partial charge in [-0.05, 0) is 31.2 Å². The van der Waals surface area contributed by atoms with Gasteiger partial charge in [0.25, 0.3) is 0 Å². The molecular weight excluding hydrogens is 230 g/mol. The maximum Gasteiger partial charge on any atom is 0.155 e. The minimum absolute atomic E-state index is 0.482. The molecule has 0 aliphatic heterocycles. The van der Waals surface area contributed by atoms with Crippen molar-refractivity contribution in [1.29, 1.82) is 0 Å². The van der Waals surface area contributed by atoms with Crippen LogP contribution in [0, 0.1) is 13.8 Å². The van der Waals surface area contributed by atoms with Crippen LogP contribution in [-0.2, 0) is 0 Å². The zero-order valence-corrected chi connectivity index (χ0v) is 11.0. The van der Waals surface area contributed by atoms with Crippen LogP contribution >= 0.6 is 23.4 Å². The molecule has 0 saturated heterocycles. The molecule has 0 aliphatic carbocycles. The number of anilines is 1. The summed E-state index contributed by atoms with van der Waals surface area (Å²) in [6.45, 7) is 7.01. The molecule has 0 fully saturated rings. The Balaban J connectivity index is 2.74. The van der Waals surface area contributed by atoms with E-state index < -0.39 is 0 Å². The molecule has 1 aromatic heterocycles. The highest BCUT2D eigenvalue weighted by molar-refractivity contribution is 7.99. The maximum atomic E-state index is 5.87. The quantitative estimate of drug-likeness (QED) is 0.885. The summed E-state index contributed by atoms with van der Waals surface area (Å²) in [5.74, 6) is 0.831. The molecule has 1 N–H and O–H groups in total. The predicted octanol–water partition coefficient (Wildman–Crippen LogP) is 2.91. The topological polar surface area (TPSA) is 37.8 Å². The summed E-state index contributed by atoms with van der Waals surface area (Å²) >= 11 is 7.69. The molecule has 1 atom stereocenters. The van der Waals surface area contributed by atoms with Gasteiger partial charge in [-0.3, -0.25) is 0 Å². The number of nitrogens with zero attached hydrogens (tertiary/aromatic N) is 2. The van der Waals surface area contributed by atoms with Gasteiger partial charge in [0, 0.05) is 11.8 Å². The molecule has 0 saturated carbocycles. The van der Waals surface area contributed by atoms with E-state index in [-0.39, 0.29) is 0 Å². The van der Waals surface area contributed by atoms with Crippen molar-refractivity contribution < 1.29 is 0 Å². The molecule has 15 heavy (non-hydrogen) atoms. The Labute approximate surface area is 100 Å². The second kappa shape index (κ2) is 5.56. The van der Waals surface area contributed by atoms with Gasteiger partial charge in [0.15, 0.2) is 11.0 Å². The lowest BCUT2D eigenvalue weighted by molar-refractivity contribution is 0.942. The lowest BCUT2D eigenvalue weighted by atomic mass is 10.2. The fourth-order valence-electron chi connectivity index (χ4n) is 1.07. The summed E-state index contributed by atoms with van der Waals surface area (Å²) in [6, 6.07) is 0. The van der Waals surface area contributed by atoms with Crippen molar-refractivity contribution in [3.8, 4) is 0 Å². The average molecular weight is 246 g/mol. The summed E-state index contributed by atoms with van der Waals surface area (Å²) in [5, 5.41) is 12.3. The fraction of sp³-hybridized carbons (Fsp3) is 0.600. The van der Waals surface area contributed by atoms with Crippen LogP contribution in [0.1, 0.15) is 18.1 Å². The van der Waals surface area contributed by atoms with Crippen LogP contribution in [0.5, 0.6) is 0 Å². The van der Waals surface area contributed by atoms with Crippen molar-refractivity contribution in [1.82, 2.24) is 10.2 Å². The first kappa shape index (κ1) is 12.6. The van der Waals surface area contributed by atoms with Crippen LogP contribution in [0.4, 0.5) is 5.82 Å².